The van der Waals surface area contributed by atoms with E-state index in [4.69, 9.17) is 20.7 Å². The Hall–Kier alpha value is -12.5. The van der Waals surface area contributed by atoms with Crippen LogP contribution in [-0.2, 0) is 84.5 Å². The molecule has 1 aliphatic rings. The van der Waals surface area contributed by atoms with E-state index in [9.17, 15) is 103 Å². The lowest BCUT2D eigenvalue weighted by Crippen LogP contribution is -2.34. The van der Waals surface area contributed by atoms with Crippen LogP contribution in [0, 0.1) is 17.5 Å². The number of thiophene rings is 3. The number of fused-ring (bicyclic) bond motifs is 1. The van der Waals surface area contributed by atoms with Crippen LogP contribution in [0.4, 0.5) is 47.3 Å². The minimum atomic E-state index is -4.49. The van der Waals surface area contributed by atoms with Crippen molar-refractivity contribution in [1.29, 1.82) is 0 Å². The molecule has 0 atom stereocenters. The molecular formula is C71H64F3N15O21S9. The van der Waals surface area contributed by atoms with E-state index in [0.717, 1.165) is 57.1 Å². The maximum absolute atomic E-state index is 13.5. The molecule has 0 fully saturated rings. The van der Waals surface area contributed by atoms with Gasteiger partial charge >= 0.3 is 5.97 Å². The standard InChI is InChI=1S/C23H20FN5O7S3.C23H18FN5O6S3.C18H15FN2O4S.C7H11N3O4S2/c1-38(33,34)28-15-8-9-16(18(11-15)39(25,35)36)26-22(31)19-21(30)20(17-3-2-10-37-17)27-29(23(19)32)12-13-4-6-14(24)7-5-13;1-37(32,33)27-15-8-9-16-18(11-15)38(34,35)28-22(25-16)19-21(30)20(17-3-2-10-36-17)26-29(23(19)31)12-13-4-6-14(24)7-5-13;1-2-25-18(24)14-16(22)15(13-4-3-9-26-13)20-21(17(14)23)10-11-5-7-12(19)8-6-11;1-15(11,12)10-5-2-3-6(8)7(4-5)16(9,13)14/h2-11,28,30H,12H2,1H3,(H,26,31)(H2,25,35,36);2-11,27,30H,12H2,1H3,(H,25,28);3-9,22H,2,10H2,1H3;2-4,10H,8H2,1H3,(H2,9,13,14). The number of benzene rings is 6. The second-order valence-corrected chi connectivity index (χ2v) is 37.7. The van der Waals surface area contributed by atoms with Gasteiger partial charge in [0.25, 0.3) is 32.6 Å². The number of nitrogens with one attached hydrogen (secondary N) is 5. The SMILES string of the molecule is CCOC(=O)c1c(O)c(-c2cccs2)nn(Cc2ccc(F)cc2)c1=O.CS(=O)(=O)Nc1ccc(N)c(S(N)(=O)=O)c1.CS(=O)(=O)Nc1ccc(NC(=O)c2c(O)c(-c3cccs3)nn(Cc3ccc(F)cc3)c2=O)c(S(N)(=O)=O)c1.CS(=O)(=O)Nc1ccc2c(c1)S(=O)(=O)N=C(c1c(O)c(-c3cccs3)nn(Cc3ccc(F)cc3)c1=O)N2. The summed E-state index contributed by atoms with van der Waals surface area (Å²) in [6.07, 6.45) is 2.72. The number of ether oxygens (including phenoxy) is 1. The van der Waals surface area contributed by atoms with Crippen LogP contribution in [0.15, 0.2) is 213 Å². The van der Waals surface area contributed by atoms with Gasteiger partial charge in [0.15, 0.2) is 34.2 Å². The largest absolute Gasteiger partial charge is 0.505 e. The van der Waals surface area contributed by atoms with E-state index in [-0.39, 0.29) is 87.2 Å². The predicted octanol–water partition coefficient (Wildman–Crippen LogP) is 7.26. The van der Waals surface area contributed by atoms with E-state index in [1.165, 1.54) is 137 Å². The number of aromatic nitrogens is 6. The molecule has 13 rings (SSSR count). The number of sulfonamides is 6. The molecule has 119 heavy (non-hydrogen) atoms. The molecule has 0 radical (unpaired) electrons. The molecule has 36 nitrogen and oxygen atoms in total. The van der Waals surface area contributed by atoms with Crippen molar-refractivity contribution >= 4 is 146 Å². The lowest BCUT2D eigenvalue weighted by atomic mass is 10.1. The number of amidine groups is 1. The number of nitrogens with two attached hydrogens (primary N) is 3. The van der Waals surface area contributed by atoms with E-state index < -0.39 is 151 Å². The molecule has 0 unspecified atom stereocenters. The van der Waals surface area contributed by atoms with Crippen LogP contribution >= 0.6 is 34.0 Å². The van der Waals surface area contributed by atoms with Gasteiger partial charge in [-0.3, -0.25) is 33.3 Å². The molecule has 6 aromatic carbocycles. The highest BCUT2D eigenvalue weighted by Crippen LogP contribution is 2.38. The van der Waals surface area contributed by atoms with Crippen LogP contribution in [0.2, 0.25) is 0 Å². The fourth-order valence-corrected chi connectivity index (χ4v) is 17.1. The first-order valence-electron chi connectivity index (χ1n) is 33.4. The third-order valence-electron chi connectivity index (χ3n) is 15.8. The number of carbonyl (C=O) groups is 2. The fourth-order valence-electron chi connectivity index (χ4n) is 10.8. The topological polar surface area (TPSA) is 564 Å². The zero-order chi connectivity index (χ0) is 87.0. The average molecular weight is 1810 g/mol. The van der Waals surface area contributed by atoms with Crippen molar-refractivity contribution in [2.24, 2.45) is 14.7 Å². The number of aromatic hydroxyl groups is 3. The summed E-state index contributed by atoms with van der Waals surface area (Å²) in [4.78, 5) is 65.2. The number of anilines is 6. The Morgan fingerprint density at radius 2 is 0.891 bits per heavy atom. The van der Waals surface area contributed by atoms with Crippen molar-refractivity contribution in [2.45, 2.75) is 41.2 Å². The number of hydrogen-bond donors (Lipinski definition) is 11. The van der Waals surface area contributed by atoms with Crippen LogP contribution in [0.1, 0.15) is 49.9 Å². The Morgan fingerprint density at radius 3 is 1.29 bits per heavy atom. The number of rotatable bonds is 22. The summed E-state index contributed by atoms with van der Waals surface area (Å²) < 4.78 is 199. The number of esters is 1. The molecule has 0 saturated carbocycles. The van der Waals surface area contributed by atoms with Crippen LogP contribution in [0.25, 0.3) is 31.7 Å². The average Bonchev–Trinajstić information content (AvgIpc) is 1.29. The summed E-state index contributed by atoms with van der Waals surface area (Å²) in [7, 11) is -23.8. The van der Waals surface area contributed by atoms with Crippen molar-refractivity contribution in [3.05, 3.63) is 262 Å². The lowest BCUT2D eigenvalue weighted by molar-refractivity contribution is 0.0519. The molecule has 0 aliphatic carbocycles. The smallest absolute Gasteiger partial charge is 0.347 e. The molecule has 6 aromatic heterocycles. The summed E-state index contributed by atoms with van der Waals surface area (Å²) in [5, 5.41) is 65.5. The van der Waals surface area contributed by atoms with Crippen molar-refractivity contribution in [1.82, 2.24) is 29.3 Å². The van der Waals surface area contributed by atoms with Crippen LogP contribution in [-0.4, -0.2) is 138 Å². The number of halogens is 3. The second-order valence-electron chi connectivity index (χ2n) is 25.0. The third-order valence-corrected chi connectivity index (χ3v) is 23.5. The molecule has 1 aliphatic heterocycles. The first-order chi connectivity index (χ1) is 55.7. The predicted molar refractivity (Wildman–Crippen MR) is 440 cm³/mol. The van der Waals surface area contributed by atoms with Gasteiger partial charge in [-0.15, -0.1) is 38.4 Å². The number of carbonyl (C=O) groups excluding carboxylic acids is 2. The van der Waals surface area contributed by atoms with Gasteiger partial charge in [-0.2, -0.15) is 23.7 Å². The highest BCUT2D eigenvalue weighted by Gasteiger charge is 2.33. The Morgan fingerprint density at radius 1 is 0.513 bits per heavy atom. The fraction of sp³-hybridized carbons (Fsp3) is 0.113. The summed E-state index contributed by atoms with van der Waals surface area (Å²) >= 11 is 3.73. The summed E-state index contributed by atoms with van der Waals surface area (Å²) in [5.74, 6) is -5.71. The molecule has 1 amide bonds. The van der Waals surface area contributed by atoms with Gasteiger partial charge in [-0.1, -0.05) is 54.6 Å². The minimum absolute atomic E-state index is 0.00340. The maximum Gasteiger partial charge on any atom is 0.347 e. The number of primary sulfonamides is 2. The highest BCUT2D eigenvalue weighted by molar-refractivity contribution is 7.92. The van der Waals surface area contributed by atoms with E-state index in [0.29, 0.717) is 31.3 Å². The van der Waals surface area contributed by atoms with Crippen molar-refractivity contribution < 1.29 is 93.3 Å². The van der Waals surface area contributed by atoms with Gasteiger partial charge in [0, 0.05) is 17.1 Å². The van der Waals surface area contributed by atoms with Crippen LogP contribution < -0.4 is 57.5 Å². The van der Waals surface area contributed by atoms with Gasteiger partial charge < -0.3 is 36.4 Å². The minimum Gasteiger partial charge on any atom is -0.505 e. The Kier molecular flexibility index (Phi) is 27.0. The molecule has 0 saturated heterocycles. The molecule has 0 bridgehead atoms. The molecule has 12 aromatic rings. The quantitative estimate of drug-likeness (QED) is 0.0235. The molecule has 14 N–H and O–H groups in total. The van der Waals surface area contributed by atoms with Gasteiger partial charge in [0.2, 0.25) is 50.1 Å². The number of hydrogen-bond acceptors (Lipinski definition) is 29. The lowest BCUT2D eigenvalue weighted by Gasteiger charge is -2.20. The molecule has 624 valence electrons. The zero-order valence-electron chi connectivity index (χ0n) is 61.5. The Bertz CT molecular complexity index is 6870. The van der Waals surface area contributed by atoms with E-state index in [2.05, 4.69) is 44.5 Å². The zero-order valence-corrected chi connectivity index (χ0v) is 68.9. The number of nitrogen functional groups attached to an aromatic ring is 1. The van der Waals surface area contributed by atoms with E-state index >= 15 is 0 Å². The monoisotopic (exact) mass is 1810 g/mol. The Balaban J connectivity index is 0.000000175. The van der Waals surface area contributed by atoms with Crippen LogP contribution in [0.3, 0.4) is 0 Å². The van der Waals surface area contributed by atoms with Gasteiger partial charge in [0.05, 0.1) is 76.7 Å². The summed E-state index contributed by atoms with van der Waals surface area (Å²) in [6.45, 7) is 1.41. The number of amides is 1. The third kappa shape index (κ3) is 22.8. The normalized spacial score (nSPS) is 12.4. The molecule has 48 heteroatoms. The first-order valence-corrected chi connectivity index (χ1v) is 46.2. The van der Waals surface area contributed by atoms with Gasteiger partial charge in [-0.25, -0.2) is 84.4 Å². The van der Waals surface area contributed by atoms with E-state index in [1.54, 1.807) is 59.5 Å². The molecular weight excluding hydrogens is 1740 g/mol. The maximum atomic E-state index is 13.5. The van der Waals surface area contributed by atoms with Gasteiger partial charge in [0.1, 0.15) is 54.8 Å². The molecule has 7 heterocycles. The second kappa shape index (κ2) is 36.1. The first kappa shape index (κ1) is 88.8. The van der Waals surface area contributed by atoms with Crippen molar-refractivity contribution in [3.8, 4) is 49.0 Å². The number of nitrogens with zero attached hydrogens (tertiary/aromatic N) is 7. The Labute approximate surface area is 686 Å². The summed E-state index contributed by atoms with van der Waals surface area (Å²) in [6, 6.07) is 36.9. The van der Waals surface area contributed by atoms with Crippen LogP contribution in [0.5, 0.6) is 17.2 Å². The van der Waals surface area contributed by atoms with E-state index in [1.807, 2.05) is 0 Å². The molecule has 0 spiro atoms. The van der Waals surface area contributed by atoms with Crippen molar-refractivity contribution in [2.75, 3.05) is 55.9 Å². The highest BCUT2D eigenvalue weighted by atomic mass is 32.2. The summed E-state index contributed by atoms with van der Waals surface area (Å²) in [5.41, 5.74) is 2.38. The van der Waals surface area contributed by atoms with Gasteiger partial charge in [-0.05, 0) is 149 Å². The van der Waals surface area contributed by atoms with Crippen molar-refractivity contribution in [3.63, 3.8) is 0 Å².